The van der Waals surface area contributed by atoms with Crippen LogP contribution < -0.4 is 0 Å². The van der Waals surface area contributed by atoms with E-state index >= 15 is 0 Å². The lowest BCUT2D eigenvalue weighted by molar-refractivity contribution is -0.157. The van der Waals surface area contributed by atoms with Crippen LogP contribution in [0.3, 0.4) is 0 Å². The highest BCUT2D eigenvalue weighted by molar-refractivity contribution is 5.89. The molecule has 0 aromatic heterocycles. The first kappa shape index (κ1) is 25.0. The third-order valence-electron chi connectivity index (χ3n) is 3.78. The summed E-state index contributed by atoms with van der Waals surface area (Å²) in [6, 6.07) is 4.80. The van der Waals surface area contributed by atoms with E-state index in [2.05, 4.69) is 4.74 Å². The summed E-state index contributed by atoms with van der Waals surface area (Å²) in [6.45, 7) is 9.53. The first-order valence-electron chi connectivity index (χ1n) is 9.20. The Hall–Kier alpha value is -1.96. The van der Waals surface area contributed by atoms with Crippen LogP contribution in [0.4, 0.5) is 0 Å². The highest BCUT2D eigenvalue weighted by Crippen LogP contribution is 2.24. The molecule has 0 radical (unpaired) electrons. The molecule has 0 fully saturated rings. The topological polar surface area (TPSA) is 102 Å². The van der Waals surface area contributed by atoms with E-state index in [0.29, 0.717) is 23.3 Å². The van der Waals surface area contributed by atoms with Gasteiger partial charge in [-0.1, -0.05) is 19.4 Å². The van der Waals surface area contributed by atoms with Gasteiger partial charge in [0, 0.05) is 13.2 Å². The summed E-state index contributed by atoms with van der Waals surface area (Å²) in [5, 5.41) is 19.1. The predicted molar refractivity (Wildman–Crippen MR) is 102 cm³/mol. The largest absolute Gasteiger partial charge is 0.462 e. The molecule has 0 amide bonds. The van der Waals surface area contributed by atoms with Gasteiger partial charge in [0.05, 0.1) is 24.7 Å². The molecule has 154 valence electrons. The van der Waals surface area contributed by atoms with Crippen molar-refractivity contribution in [1.29, 1.82) is 0 Å². The number of rotatable bonds is 11. The zero-order chi connectivity index (χ0) is 20.7. The maximum Gasteiger partial charge on any atom is 0.338 e. The number of esters is 1. The fourth-order valence-electron chi connectivity index (χ4n) is 2.31. The normalized spacial score (nSPS) is 12.4. The quantitative estimate of drug-likeness (QED) is 0.262. The molecular formula is C20H32O7. The van der Waals surface area contributed by atoms with Crippen molar-refractivity contribution >= 4 is 12.4 Å². The molecule has 0 aliphatic carbocycles. The van der Waals surface area contributed by atoms with Gasteiger partial charge < -0.3 is 24.4 Å². The van der Waals surface area contributed by atoms with Gasteiger partial charge in [-0.2, -0.15) is 0 Å². The van der Waals surface area contributed by atoms with E-state index in [4.69, 9.17) is 9.47 Å². The summed E-state index contributed by atoms with van der Waals surface area (Å²) >= 11 is 0. The van der Waals surface area contributed by atoms with E-state index in [9.17, 15) is 19.8 Å². The molecule has 0 spiro atoms. The van der Waals surface area contributed by atoms with E-state index in [1.54, 1.807) is 25.1 Å². The summed E-state index contributed by atoms with van der Waals surface area (Å²) in [6.07, 6.45) is 0.311. The van der Waals surface area contributed by atoms with Crippen molar-refractivity contribution in [1.82, 2.24) is 0 Å². The van der Waals surface area contributed by atoms with Crippen LogP contribution in [0, 0.1) is 6.92 Å². The monoisotopic (exact) mass is 384 g/mol. The van der Waals surface area contributed by atoms with Crippen molar-refractivity contribution in [2.75, 3.05) is 26.4 Å². The Labute approximate surface area is 161 Å². The van der Waals surface area contributed by atoms with Crippen LogP contribution in [0.2, 0.25) is 0 Å². The van der Waals surface area contributed by atoms with Crippen LogP contribution in [-0.2, 0) is 19.0 Å². The number of carbonyl (C=O) groups excluding carboxylic acids is 2. The van der Waals surface area contributed by atoms with Crippen LogP contribution in [0.15, 0.2) is 18.2 Å². The molecule has 7 nitrogen and oxygen atoms in total. The minimum atomic E-state index is -1.44. The second kappa shape index (κ2) is 15.1. The van der Waals surface area contributed by atoms with Gasteiger partial charge in [-0.25, -0.2) is 4.79 Å². The summed E-state index contributed by atoms with van der Waals surface area (Å²) in [4.78, 5) is 22.2. The van der Waals surface area contributed by atoms with Crippen molar-refractivity contribution < 1.29 is 34.0 Å². The molecule has 0 aliphatic heterocycles. The second-order valence-electron chi connectivity index (χ2n) is 5.75. The first-order valence-corrected chi connectivity index (χ1v) is 9.20. The maximum atomic E-state index is 11.9. The fourth-order valence-corrected chi connectivity index (χ4v) is 2.31. The van der Waals surface area contributed by atoms with Crippen molar-refractivity contribution in [3.63, 3.8) is 0 Å². The van der Waals surface area contributed by atoms with Gasteiger partial charge in [-0.05, 0) is 50.5 Å². The Morgan fingerprint density at radius 2 is 1.89 bits per heavy atom. The van der Waals surface area contributed by atoms with Crippen molar-refractivity contribution in [3.8, 4) is 0 Å². The second-order valence-corrected chi connectivity index (χ2v) is 5.75. The molecule has 1 aromatic rings. The average molecular weight is 384 g/mol. The Balaban J connectivity index is 0.00000119. The van der Waals surface area contributed by atoms with Crippen LogP contribution >= 0.6 is 0 Å². The lowest BCUT2D eigenvalue weighted by atomic mass is 9.93. The van der Waals surface area contributed by atoms with E-state index in [1.807, 2.05) is 20.8 Å². The Bertz CT molecular complexity index is 543. The summed E-state index contributed by atoms with van der Waals surface area (Å²) in [5.41, 5.74) is 1.69. The van der Waals surface area contributed by atoms with Crippen molar-refractivity contribution in [2.24, 2.45) is 0 Å². The van der Waals surface area contributed by atoms with Crippen LogP contribution in [-0.4, -0.2) is 55.4 Å². The molecule has 2 atom stereocenters. The number of aliphatic hydroxyl groups excluding tert-OH is 2. The zero-order valence-electron chi connectivity index (χ0n) is 16.6. The maximum absolute atomic E-state index is 11.9. The first-order chi connectivity index (χ1) is 13.0. The van der Waals surface area contributed by atoms with E-state index < -0.39 is 24.8 Å². The standard InChI is InChI=1S/C16H22O6.C4H10O/c1-3-4-7-21-15(19)12-5-6-13(11(2)8-12)14(9-17)16(20)22-10-18;1-3-5-4-2/h5-6,8,10,14,16-17,20H,3-4,7,9H2,1-2H3;3-4H2,1-2H3. The highest BCUT2D eigenvalue weighted by Gasteiger charge is 2.24. The van der Waals surface area contributed by atoms with Crippen molar-refractivity contribution in [3.05, 3.63) is 34.9 Å². The number of ether oxygens (including phenoxy) is 3. The smallest absolute Gasteiger partial charge is 0.338 e. The minimum Gasteiger partial charge on any atom is -0.462 e. The van der Waals surface area contributed by atoms with Crippen molar-refractivity contribution in [2.45, 2.75) is 52.7 Å². The summed E-state index contributed by atoms with van der Waals surface area (Å²) in [5.74, 6) is -1.18. The third-order valence-corrected chi connectivity index (χ3v) is 3.78. The third kappa shape index (κ3) is 9.51. The molecule has 0 bridgehead atoms. The van der Waals surface area contributed by atoms with Gasteiger partial charge in [-0.3, -0.25) is 4.79 Å². The molecule has 1 rings (SSSR count). The van der Waals surface area contributed by atoms with Crippen LogP contribution in [0.5, 0.6) is 0 Å². The number of hydrogen-bond acceptors (Lipinski definition) is 7. The van der Waals surface area contributed by atoms with E-state index in [-0.39, 0.29) is 6.47 Å². The molecule has 0 saturated heterocycles. The number of aryl methyl sites for hydroxylation is 1. The van der Waals surface area contributed by atoms with Gasteiger partial charge in [0.1, 0.15) is 0 Å². The van der Waals surface area contributed by atoms with Gasteiger partial charge in [0.15, 0.2) is 0 Å². The highest BCUT2D eigenvalue weighted by atomic mass is 16.6. The molecule has 2 N–H and O–H groups in total. The molecule has 7 heteroatoms. The van der Waals surface area contributed by atoms with E-state index in [1.165, 1.54) is 0 Å². The van der Waals surface area contributed by atoms with Gasteiger partial charge in [0.2, 0.25) is 6.29 Å². The minimum absolute atomic E-state index is 0.127. The molecule has 1 aromatic carbocycles. The number of aliphatic hydroxyl groups is 2. The molecule has 2 unspecified atom stereocenters. The molecule has 0 heterocycles. The lowest BCUT2D eigenvalue weighted by Crippen LogP contribution is -2.25. The van der Waals surface area contributed by atoms with Crippen LogP contribution in [0.1, 0.15) is 61.0 Å². The Morgan fingerprint density at radius 3 is 2.33 bits per heavy atom. The lowest BCUT2D eigenvalue weighted by Gasteiger charge is -2.21. The molecular weight excluding hydrogens is 352 g/mol. The molecule has 27 heavy (non-hydrogen) atoms. The Morgan fingerprint density at radius 1 is 1.22 bits per heavy atom. The number of benzene rings is 1. The van der Waals surface area contributed by atoms with Gasteiger partial charge in [0.25, 0.3) is 6.47 Å². The van der Waals surface area contributed by atoms with Gasteiger partial charge >= 0.3 is 5.97 Å². The SMILES string of the molecule is CCCCOC(=O)c1ccc(C(CO)C(O)OC=O)c(C)c1.CCOCC. The van der Waals surface area contributed by atoms with Gasteiger partial charge in [-0.15, -0.1) is 0 Å². The predicted octanol–water partition coefficient (Wildman–Crippen LogP) is 2.56. The fraction of sp³-hybridized carbons (Fsp3) is 0.600. The summed E-state index contributed by atoms with van der Waals surface area (Å²) in [7, 11) is 0. The zero-order valence-corrected chi connectivity index (χ0v) is 16.6. The average Bonchev–Trinajstić information content (AvgIpc) is 2.65. The molecule has 0 aliphatic rings. The number of hydrogen-bond donors (Lipinski definition) is 2. The molecule has 0 saturated carbocycles. The number of unbranched alkanes of at least 4 members (excludes halogenated alkanes) is 1. The van der Waals surface area contributed by atoms with Crippen LogP contribution in [0.25, 0.3) is 0 Å². The Kier molecular flexibility index (Phi) is 14.0. The van der Waals surface area contributed by atoms with E-state index in [0.717, 1.165) is 26.1 Å². The number of carbonyl (C=O) groups is 2. The summed E-state index contributed by atoms with van der Waals surface area (Å²) < 4.78 is 14.4.